The summed E-state index contributed by atoms with van der Waals surface area (Å²) in [7, 11) is 0. The van der Waals surface area contributed by atoms with Gasteiger partial charge in [0.25, 0.3) is 5.91 Å². The molecule has 3 aromatic rings. The molecular formula is C19H11F6N5OS. The number of benzene rings is 1. The van der Waals surface area contributed by atoms with Gasteiger partial charge in [0.2, 0.25) is 0 Å². The van der Waals surface area contributed by atoms with Crippen LogP contribution in [0, 0.1) is 11.3 Å². The molecule has 3 rings (SSSR count). The second kappa shape index (κ2) is 8.54. The van der Waals surface area contributed by atoms with E-state index in [0.29, 0.717) is 17.1 Å². The number of halogens is 6. The molecule has 1 unspecified atom stereocenters. The Bertz CT molecular complexity index is 1170. The lowest BCUT2D eigenvalue weighted by Gasteiger charge is -2.17. The summed E-state index contributed by atoms with van der Waals surface area (Å²) in [5.41, 5.74) is -3.63. The third-order valence-corrected chi connectivity index (χ3v) is 5.06. The number of carbonyl (C=O) groups excluding carboxylic acids is 1. The van der Waals surface area contributed by atoms with Gasteiger partial charge in [-0.05, 0) is 25.1 Å². The van der Waals surface area contributed by atoms with Gasteiger partial charge >= 0.3 is 12.4 Å². The van der Waals surface area contributed by atoms with Crippen molar-refractivity contribution >= 4 is 17.2 Å². The molecule has 1 N–H and O–H groups in total. The standard InChI is InChI=1S/C19H11F6N5OS/c1-9(14-15(28-3-2-27-14)17-29-8-13(7-26)32-17)30-16(31)10-4-11(18(20,21)22)6-12(5-10)19(23,24)25/h2-6,8-9H,1H3,(H,30,31). The fourth-order valence-corrected chi connectivity index (χ4v) is 3.42. The molecule has 0 aliphatic carbocycles. The SMILES string of the molecule is CC(NC(=O)c1cc(C(F)(F)F)cc(C(F)(F)F)c1)c1nccnc1-c1ncc(C#N)s1. The summed E-state index contributed by atoms with van der Waals surface area (Å²) in [6.07, 6.45) is -6.22. The number of nitriles is 1. The fourth-order valence-electron chi connectivity index (χ4n) is 2.70. The minimum Gasteiger partial charge on any atom is -0.344 e. The number of aromatic nitrogens is 3. The zero-order valence-corrected chi connectivity index (χ0v) is 16.7. The molecule has 6 nitrogen and oxygen atoms in total. The molecule has 1 atom stereocenters. The Morgan fingerprint density at radius 2 is 1.62 bits per heavy atom. The van der Waals surface area contributed by atoms with Crippen LogP contribution >= 0.6 is 11.3 Å². The van der Waals surface area contributed by atoms with E-state index in [4.69, 9.17) is 5.26 Å². The van der Waals surface area contributed by atoms with Gasteiger partial charge in [0.05, 0.1) is 29.1 Å². The van der Waals surface area contributed by atoms with Crippen molar-refractivity contribution in [2.45, 2.75) is 25.3 Å². The Morgan fingerprint density at radius 3 is 2.16 bits per heavy atom. The lowest BCUT2D eigenvalue weighted by atomic mass is 10.0. The van der Waals surface area contributed by atoms with E-state index in [-0.39, 0.29) is 22.3 Å². The van der Waals surface area contributed by atoms with Crippen molar-refractivity contribution in [3.8, 4) is 16.8 Å². The average Bonchev–Trinajstić information content (AvgIpc) is 3.21. The number of nitrogens with zero attached hydrogens (tertiary/aromatic N) is 4. The van der Waals surface area contributed by atoms with Crippen molar-refractivity contribution < 1.29 is 31.1 Å². The predicted molar refractivity (Wildman–Crippen MR) is 100 cm³/mol. The molecule has 1 amide bonds. The number of amides is 1. The number of hydrogen-bond donors (Lipinski definition) is 1. The number of carbonyl (C=O) groups is 1. The molecule has 13 heteroatoms. The molecular weight excluding hydrogens is 460 g/mol. The number of nitrogens with one attached hydrogen (secondary N) is 1. The van der Waals surface area contributed by atoms with Crippen molar-refractivity contribution in [2.24, 2.45) is 0 Å². The zero-order chi connectivity index (χ0) is 23.7. The van der Waals surface area contributed by atoms with E-state index in [9.17, 15) is 31.1 Å². The number of alkyl halides is 6. The first-order chi connectivity index (χ1) is 14.9. The molecule has 0 bridgehead atoms. The van der Waals surface area contributed by atoms with Crippen LogP contribution in [0.15, 0.2) is 36.8 Å². The second-order valence-corrected chi connectivity index (χ2v) is 7.45. The Labute approximate surface area is 180 Å². The maximum Gasteiger partial charge on any atom is 0.416 e. The van der Waals surface area contributed by atoms with Crippen LogP contribution in [0.3, 0.4) is 0 Å². The third-order valence-electron chi connectivity index (χ3n) is 4.15. The first-order valence-electron chi connectivity index (χ1n) is 8.67. The van der Waals surface area contributed by atoms with Crippen molar-refractivity contribution in [1.82, 2.24) is 20.3 Å². The van der Waals surface area contributed by atoms with Crippen LogP contribution in [0.4, 0.5) is 26.3 Å². The van der Waals surface area contributed by atoms with Gasteiger partial charge in [0.15, 0.2) is 0 Å². The topological polar surface area (TPSA) is 91.6 Å². The van der Waals surface area contributed by atoms with E-state index in [1.54, 1.807) is 0 Å². The van der Waals surface area contributed by atoms with Crippen molar-refractivity contribution in [3.63, 3.8) is 0 Å². The van der Waals surface area contributed by atoms with Crippen molar-refractivity contribution in [1.29, 1.82) is 5.26 Å². The predicted octanol–water partition coefficient (Wildman–Crippen LogP) is 5.00. The first-order valence-corrected chi connectivity index (χ1v) is 9.49. The van der Waals surface area contributed by atoms with Gasteiger partial charge in [0.1, 0.15) is 21.6 Å². The lowest BCUT2D eigenvalue weighted by molar-refractivity contribution is -0.143. The summed E-state index contributed by atoms with van der Waals surface area (Å²) < 4.78 is 78.3. The molecule has 0 saturated carbocycles. The molecule has 1 aromatic carbocycles. The van der Waals surface area contributed by atoms with Crippen molar-refractivity contribution in [3.05, 3.63) is 64.1 Å². The highest BCUT2D eigenvalue weighted by atomic mass is 32.1. The molecule has 166 valence electrons. The monoisotopic (exact) mass is 471 g/mol. The van der Waals surface area contributed by atoms with Gasteiger partial charge in [-0.15, -0.1) is 11.3 Å². The normalized spacial score (nSPS) is 12.8. The minimum absolute atomic E-state index is 0.0593. The van der Waals surface area contributed by atoms with E-state index in [1.165, 1.54) is 25.5 Å². The van der Waals surface area contributed by atoms with Crippen LogP contribution in [-0.2, 0) is 12.4 Å². The van der Waals surface area contributed by atoms with Crippen LogP contribution in [0.2, 0.25) is 0 Å². The largest absolute Gasteiger partial charge is 0.416 e. The highest BCUT2D eigenvalue weighted by molar-refractivity contribution is 7.15. The van der Waals surface area contributed by atoms with E-state index in [2.05, 4.69) is 20.3 Å². The van der Waals surface area contributed by atoms with E-state index in [1.807, 2.05) is 6.07 Å². The molecule has 0 spiro atoms. The summed E-state index contributed by atoms with van der Waals surface area (Å²) in [6, 6.07) is 1.58. The maximum atomic E-state index is 13.1. The van der Waals surface area contributed by atoms with Gasteiger partial charge < -0.3 is 5.32 Å². The molecule has 0 radical (unpaired) electrons. The maximum absolute atomic E-state index is 13.1. The summed E-state index contributed by atoms with van der Waals surface area (Å²) in [5.74, 6) is -1.16. The Kier molecular flexibility index (Phi) is 6.18. The summed E-state index contributed by atoms with van der Waals surface area (Å²) >= 11 is 1.00. The Balaban J connectivity index is 1.94. The number of thiazole rings is 1. The summed E-state index contributed by atoms with van der Waals surface area (Å²) in [4.78, 5) is 25.1. The quantitative estimate of drug-likeness (QED) is 0.541. The number of rotatable bonds is 4. The highest BCUT2D eigenvalue weighted by Crippen LogP contribution is 2.36. The average molecular weight is 471 g/mol. The van der Waals surface area contributed by atoms with Gasteiger partial charge in [-0.3, -0.25) is 14.8 Å². The molecule has 32 heavy (non-hydrogen) atoms. The first kappa shape index (κ1) is 23.1. The molecule has 0 aliphatic heterocycles. The smallest absolute Gasteiger partial charge is 0.344 e. The van der Waals surface area contributed by atoms with Gasteiger partial charge in [0, 0.05) is 18.0 Å². The van der Waals surface area contributed by atoms with Crippen LogP contribution < -0.4 is 5.32 Å². The molecule has 2 aromatic heterocycles. The highest BCUT2D eigenvalue weighted by Gasteiger charge is 2.37. The third kappa shape index (κ3) is 5.02. The Hall–Kier alpha value is -3.53. The van der Waals surface area contributed by atoms with E-state index in [0.717, 1.165) is 11.3 Å². The Morgan fingerprint density at radius 1 is 1.03 bits per heavy atom. The van der Waals surface area contributed by atoms with Gasteiger partial charge in [-0.25, -0.2) is 4.98 Å². The summed E-state index contributed by atoms with van der Waals surface area (Å²) in [5, 5.41) is 11.6. The van der Waals surface area contributed by atoms with Gasteiger partial charge in [-0.1, -0.05) is 0 Å². The number of hydrogen-bond acceptors (Lipinski definition) is 6. The van der Waals surface area contributed by atoms with Crippen molar-refractivity contribution in [2.75, 3.05) is 0 Å². The minimum atomic E-state index is -5.08. The molecule has 0 saturated heterocycles. The van der Waals surface area contributed by atoms with Crippen LogP contribution in [0.1, 0.15) is 45.0 Å². The van der Waals surface area contributed by atoms with E-state index < -0.39 is 41.0 Å². The van der Waals surface area contributed by atoms with Crippen LogP contribution in [0.25, 0.3) is 10.7 Å². The van der Waals surface area contributed by atoms with E-state index >= 15 is 0 Å². The molecule has 2 heterocycles. The molecule has 0 aliphatic rings. The fraction of sp³-hybridized carbons (Fsp3) is 0.211. The van der Waals surface area contributed by atoms with Gasteiger partial charge in [-0.2, -0.15) is 31.6 Å². The molecule has 0 fully saturated rings. The van der Waals surface area contributed by atoms with Crippen LogP contribution in [0.5, 0.6) is 0 Å². The second-order valence-electron chi connectivity index (χ2n) is 6.42. The zero-order valence-electron chi connectivity index (χ0n) is 15.9. The lowest BCUT2D eigenvalue weighted by Crippen LogP contribution is -2.28. The van der Waals surface area contributed by atoms with Crippen LogP contribution in [-0.4, -0.2) is 20.9 Å². The summed E-state index contributed by atoms with van der Waals surface area (Å²) in [6.45, 7) is 1.43.